The second kappa shape index (κ2) is 2.68. The van der Waals surface area contributed by atoms with E-state index in [1.807, 2.05) is 18.9 Å². The summed E-state index contributed by atoms with van der Waals surface area (Å²) < 4.78 is 5.22. The van der Waals surface area contributed by atoms with Crippen molar-refractivity contribution < 1.29 is 9.53 Å². The summed E-state index contributed by atoms with van der Waals surface area (Å²) in [5.74, 6) is 0.122. The molecule has 0 spiro atoms. The zero-order valence-corrected chi connectivity index (χ0v) is 6.63. The number of likely N-dealkylation sites (N-methyl/N-ethyl adjacent to an activating group) is 1. The van der Waals surface area contributed by atoms with Crippen molar-refractivity contribution in [2.75, 3.05) is 13.8 Å². The van der Waals surface area contributed by atoms with E-state index in [0.29, 0.717) is 6.73 Å². The zero-order valence-electron chi connectivity index (χ0n) is 6.63. The van der Waals surface area contributed by atoms with Gasteiger partial charge in [0, 0.05) is 6.04 Å². The lowest BCUT2D eigenvalue weighted by Crippen LogP contribution is -2.33. The van der Waals surface area contributed by atoms with Crippen molar-refractivity contribution in [3.8, 4) is 0 Å². The number of hydrogen-bond donors (Lipinski definition) is 0. The van der Waals surface area contributed by atoms with Crippen molar-refractivity contribution in [3.63, 3.8) is 0 Å². The molecule has 0 aromatic carbocycles. The van der Waals surface area contributed by atoms with E-state index in [-0.39, 0.29) is 17.9 Å². The molecule has 0 aromatic rings. The minimum absolute atomic E-state index is 0.122. The van der Waals surface area contributed by atoms with Crippen LogP contribution in [0.2, 0.25) is 0 Å². The van der Waals surface area contributed by atoms with Gasteiger partial charge < -0.3 is 4.74 Å². The number of hydrogen-bond acceptors (Lipinski definition) is 3. The number of nitrogens with zero attached hydrogens (tertiary/aromatic N) is 1. The lowest BCUT2D eigenvalue weighted by molar-refractivity contribution is -0.125. The van der Waals surface area contributed by atoms with E-state index in [9.17, 15) is 4.79 Å². The molecule has 3 nitrogen and oxygen atoms in total. The predicted octanol–water partition coefficient (Wildman–Crippen LogP) is 0.252. The van der Waals surface area contributed by atoms with Crippen LogP contribution in [-0.4, -0.2) is 36.6 Å². The predicted molar refractivity (Wildman–Crippen MR) is 37.6 cm³/mol. The van der Waals surface area contributed by atoms with E-state index in [0.717, 1.165) is 0 Å². The Labute approximate surface area is 61.0 Å². The molecule has 1 heterocycles. The molecule has 1 aliphatic heterocycles. The summed E-state index contributed by atoms with van der Waals surface area (Å²) >= 11 is 0. The minimum Gasteiger partial charge on any atom is -0.353 e. The van der Waals surface area contributed by atoms with Crippen molar-refractivity contribution in [1.29, 1.82) is 0 Å². The van der Waals surface area contributed by atoms with Crippen LogP contribution in [0.5, 0.6) is 0 Å². The van der Waals surface area contributed by atoms with Crippen LogP contribution in [-0.2, 0) is 9.53 Å². The molecule has 0 N–H and O–H groups in total. The molecule has 1 aliphatic rings. The fourth-order valence-corrected chi connectivity index (χ4v) is 1.14. The average Bonchev–Trinajstić information content (AvgIpc) is 2.14. The van der Waals surface area contributed by atoms with Crippen molar-refractivity contribution >= 4 is 5.78 Å². The first-order valence-electron chi connectivity index (χ1n) is 3.45. The topological polar surface area (TPSA) is 29.5 Å². The second-order valence-electron chi connectivity index (χ2n) is 2.82. The first kappa shape index (κ1) is 7.69. The fraction of sp³-hybridized carbons (Fsp3) is 0.857. The normalized spacial score (nSPS) is 34.7. The lowest BCUT2D eigenvalue weighted by atomic mass is 10.1. The van der Waals surface area contributed by atoms with Crippen molar-refractivity contribution in [3.05, 3.63) is 0 Å². The van der Waals surface area contributed by atoms with Gasteiger partial charge in [0.25, 0.3) is 0 Å². The summed E-state index contributed by atoms with van der Waals surface area (Å²) in [5.41, 5.74) is 0. The number of Topliss-reactive ketones (excluding diaryl/α,β-unsaturated/α-hetero) is 1. The maximum atomic E-state index is 10.9. The van der Waals surface area contributed by atoms with Crippen molar-refractivity contribution in [1.82, 2.24) is 4.90 Å². The monoisotopic (exact) mass is 143 g/mol. The molecule has 0 saturated carbocycles. The molecule has 0 radical (unpaired) electrons. The molecular weight excluding hydrogens is 130 g/mol. The van der Waals surface area contributed by atoms with Gasteiger partial charge in [-0.25, -0.2) is 0 Å². The summed E-state index contributed by atoms with van der Waals surface area (Å²) in [5, 5.41) is 0. The van der Waals surface area contributed by atoms with Gasteiger partial charge in [0.1, 0.15) is 12.8 Å². The molecule has 0 aliphatic carbocycles. The van der Waals surface area contributed by atoms with Crippen LogP contribution in [0.25, 0.3) is 0 Å². The maximum Gasteiger partial charge on any atom is 0.160 e. The van der Waals surface area contributed by atoms with E-state index < -0.39 is 0 Å². The Kier molecular flexibility index (Phi) is 2.06. The molecule has 3 heteroatoms. The number of rotatable bonds is 1. The Hall–Kier alpha value is -0.410. The van der Waals surface area contributed by atoms with E-state index >= 15 is 0 Å². The standard InChI is InChI=1S/C7H13NO2/c1-5-7(6(2)9)10-4-8(5)3/h5,7H,4H2,1-3H3/t5-,7+/m0/s1. The summed E-state index contributed by atoms with van der Waals surface area (Å²) in [6.45, 7) is 4.14. The Morgan fingerprint density at radius 3 is 2.50 bits per heavy atom. The smallest absolute Gasteiger partial charge is 0.160 e. The molecule has 2 atom stereocenters. The minimum atomic E-state index is -0.204. The van der Waals surface area contributed by atoms with Gasteiger partial charge in [-0.1, -0.05) is 0 Å². The third kappa shape index (κ3) is 1.20. The molecule has 0 amide bonds. The van der Waals surface area contributed by atoms with Gasteiger partial charge in [-0.05, 0) is 20.9 Å². The Morgan fingerprint density at radius 2 is 2.30 bits per heavy atom. The van der Waals surface area contributed by atoms with Crippen LogP contribution in [0.3, 0.4) is 0 Å². The summed E-state index contributed by atoms with van der Waals surface area (Å²) in [6.07, 6.45) is -0.204. The number of carbonyl (C=O) groups excluding carboxylic acids is 1. The lowest BCUT2D eigenvalue weighted by Gasteiger charge is -2.14. The SMILES string of the molecule is CC(=O)[C@@H]1OCN(C)[C@H]1C. The van der Waals surface area contributed by atoms with Crippen LogP contribution in [0.15, 0.2) is 0 Å². The molecule has 10 heavy (non-hydrogen) atoms. The van der Waals surface area contributed by atoms with E-state index in [1.54, 1.807) is 6.92 Å². The first-order valence-corrected chi connectivity index (χ1v) is 3.45. The molecular formula is C7H13NO2. The summed E-state index contributed by atoms with van der Waals surface area (Å²) in [4.78, 5) is 12.9. The first-order chi connectivity index (χ1) is 4.63. The van der Waals surface area contributed by atoms with Crippen LogP contribution < -0.4 is 0 Å². The van der Waals surface area contributed by atoms with Crippen LogP contribution in [0, 0.1) is 0 Å². The van der Waals surface area contributed by atoms with Crippen LogP contribution in [0.4, 0.5) is 0 Å². The number of carbonyl (C=O) groups is 1. The van der Waals surface area contributed by atoms with Gasteiger partial charge in [-0.2, -0.15) is 0 Å². The zero-order chi connectivity index (χ0) is 7.72. The molecule has 0 aromatic heterocycles. The van der Waals surface area contributed by atoms with Gasteiger partial charge in [0.05, 0.1) is 0 Å². The Morgan fingerprint density at radius 1 is 1.70 bits per heavy atom. The summed E-state index contributed by atoms with van der Waals surface area (Å²) in [7, 11) is 1.95. The van der Waals surface area contributed by atoms with Gasteiger partial charge in [-0.3, -0.25) is 9.69 Å². The van der Waals surface area contributed by atoms with Gasteiger partial charge in [-0.15, -0.1) is 0 Å². The quantitative estimate of drug-likeness (QED) is 0.527. The summed E-state index contributed by atoms with van der Waals surface area (Å²) in [6, 6.07) is 0.234. The maximum absolute atomic E-state index is 10.9. The molecule has 1 saturated heterocycles. The van der Waals surface area contributed by atoms with Crippen LogP contribution in [0.1, 0.15) is 13.8 Å². The highest BCUT2D eigenvalue weighted by molar-refractivity contribution is 5.81. The number of ether oxygens (including phenoxy) is 1. The van der Waals surface area contributed by atoms with E-state index in [2.05, 4.69) is 0 Å². The Bertz CT molecular complexity index is 147. The Balaban J connectivity index is 2.57. The van der Waals surface area contributed by atoms with Gasteiger partial charge >= 0.3 is 0 Å². The largest absolute Gasteiger partial charge is 0.353 e. The third-order valence-electron chi connectivity index (χ3n) is 1.99. The molecule has 1 fully saturated rings. The van der Waals surface area contributed by atoms with Gasteiger partial charge in [0.2, 0.25) is 0 Å². The second-order valence-corrected chi connectivity index (χ2v) is 2.82. The van der Waals surface area contributed by atoms with Crippen LogP contribution >= 0.6 is 0 Å². The molecule has 1 rings (SSSR count). The molecule has 0 bridgehead atoms. The highest BCUT2D eigenvalue weighted by Crippen LogP contribution is 2.14. The van der Waals surface area contributed by atoms with Crippen molar-refractivity contribution in [2.24, 2.45) is 0 Å². The van der Waals surface area contributed by atoms with E-state index in [1.165, 1.54) is 0 Å². The van der Waals surface area contributed by atoms with Crippen molar-refractivity contribution in [2.45, 2.75) is 26.0 Å². The fourth-order valence-electron chi connectivity index (χ4n) is 1.14. The third-order valence-corrected chi connectivity index (χ3v) is 1.99. The molecule has 58 valence electrons. The average molecular weight is 143 g/mol. The van der Waals surface area contributed by atoms with E-state index in [4.69, 9.17) is 4.74 Å². The number of ketones is 1. The van der Waals surface area contributed by atoms with Gasteiger partial charge in [0.15, 0.2) is 5.78 Å². The highest BCUT2D eigenvalue weighted by Gasteiger charge is 2.31. The highest BCUT2D eigenvalue weighted by atomic mass is 16.5. The molecule has 0 unspecified atom stereocenters.